The molecule has 278 valence electrons. The second kappa shape index (κ2) is 15.4. The average molecular weight is 788 g/mol. The van der Waals surface area contributed by atoms with Crippen LogP contribution >= 0.6 is 23.2 Å². The molecule has 16 heteroatoms. The van der Waals surface area contributed by atoms with E-state index in [1.165, 1.54) is 35.9 Å². The second-order valence-corrected chi connectivity index (χ2v) is 15.8. The lowest BCUT2D eigenvalue weighted by atomic mass is 9.90. The van der Waals surface area contributed by atoms with E-state index in [1.807, 2.05) is 41.5 Å². The van der Waals surface area contributed by atoms with Crippen LogP contribution < -0.4 is 16.0 Å². The molecule has 0 saturated heterocycles. The molecule has 13 nitrogen and oxygen atoms in total. The van der Waals surface area contributed by atoms with Crippen LogP contribution in [-0.4, -0.2) is 34.6 Å². The van der Waals surface area contributed by atoms with E-state index in [2.05, 4.69) is 44.4 Å². The van der Waals surface area contributed by atoms with E-state index in [9.17, 15) is 27.8 Å². The Morgan fingerprint density at radius 2 is 1.56 bits per heavy atom. The third-order valence-electron chi connectivity index (χ3n) is 8.07. The van der Waals surface area contributed by atoms with Crippen molar-refractivity contribution in [2.45, 2.75) is 58.8 Å². The Morgan fingerprint density at radius 1 is 0.907 bits per heavy atom. The van der Waals surface area contributed by atoms with Crippen molar-refractivity contribution in [1.29, 1.82) is 5.26 Å². The Morgan fingerprint density at radius 3 is 2.13 bits per heavy atom. The van der Waals surface area contributed by atoms with Crippen molar-refractivity contribution in [2.24, 2.45) is 10.2 Å². The van der Waals surface area contributed by atoms with Gasteiger partial charge in [0, 0.05) is 35.0 Å². The second-order valence-electron chi connectivity index (χ2n) is 13.6. The van der Waals surface area contributed by atoms with E-state index >= 15 is 0 Å². The SMILES string of the molecule is CC(=O)Nc1cc(Nc2c(C)cc(C)cc2C)ccc1/N=N/c1c(C#N)c(C(C)(C)C)nn1-c1c(Cl)cc(NC(=O)c2cccc(S(=O)(=O)O)c2)cc1Cl. The van der Waals surface area contributed by atoms with E-state index in [0.29, 0.717) is 17.1 Å². The molecular formula is C38H36Cl2N8O5S. The van der Waals surface area contributed by atoms with Gasteiger partial charge in [0.2, 0.25) is 5.91 Å². The summed E-state index contributed by atoms with van der Waals surface area (Å²) in [7, 11) is -4.54. The van der Waals surface area contributed by atoms with Crippen molar-refractivity contribution < 1.29 is 22.6 Å². The number of carbonyl (C=O) groups excluding carboxylic acids is 2. The van der Waals surface area contributed by atoms with Crippen LogP contribution in [0.3, 0.4) is 0 Å². The number of benzene rings is 4. The number of nitriles is 1. The Kier molecular flexibility index (Phi) is 11.3. The molecule has 1 aromatic heterocycles. The molecule has 0 unspecified atom stereocenters. The number of azo groups is 1. The summed E-state index contributed by atoms with van der Waals surface area (Å²) in [6.45, 7) is 13.1. The van der Waals surface area contributed by atoms with Crippen molar-refractivity contribution in [3.8, 4) is 11.8 Å². The highest BCUT2D eigenvalue weighted by Gasteiger charge is 2.30. The van der Waals surface area contributed by atoms with Crippen LogP contribution in [0.4, 0.5) is 34.3 Å². The first-order valence-electron chi connectivity index (χ1n) is 16.4. The quantitative estimate of drug-likeness (QED) is 0.0838. The minimum absolute atomic E-state index is 0.00641. The molecule has 5 aromatic rings. The molecule has 1 heterocycles. The molecule has 0 aliphatic carbocycles. The van der Waals surface area contributed by atoms with Gasteiger partial charge in [-0.1, -0.05) is 67.7 Å². The van der Waals surface area contributed by atoms with Crippen molar-refractivity contribution in [3.05, 3.63) is 110 Å². The van der Waals surface area contributed by atoms with E-state index in [4.69, 9.17) is 28.3 Å². The predicted octanol–water partition coefficient (Wildman–Crippen LogP) is 9.89. The zero-order chi connectivity index (χ0) is 39.7. The third-order valence-corrected chi connectivity index (χ3v) is 9.50. The highest BCUT2D eigenvalue weighted by Crippen LogP contribution is 2.40. The lowest BCUT2D eigenvalue weighted by molar-refractivity contribution is -0.114. The van der Waals surface area contributed by atoms with Gasteiger partial charge in [-0.05, 0) is 80.4 Å². The number of carbonyl (C=O) groups is 2. The number of aromatic nitrogens is 2. The fourth-order valence-electron chi connectivity index (χ4n) is 5.74. The molecule has 54 heavy (non-hydrogen) atoms. The number of anilines is 4. The monoisotopic (exact) mass is 786 g/mol. The Bertz CT molecular complexity index is 2470. The van der Waals surface area contributed by atoms with Crippen molar-refractivity contribution in [1.82, 2.24) is 9.78 Å². The van der Waals surface area contributed by atoms with E-state index in [0.717, 1.165) is 34.5 Å². The van der Waals surface area contributed by atoms with Gasteiger partial charge in [0.1, 0.15) is 23.0 Å². The van der Waals surface area contributed by atoms with Crippen LogP contribution in [0.2, 0.25) is 10.0 Å². The molecule has 0 fully saturated rings. The van der Waals surface area contributed by atoms with Crippen LogP contribution in [-0.2, 0) is 20.3 Å². The summed E-state index contributed by atoms with van der Waals surface area (Å²) < 4.78 is 33.8. The Labute approximate surface area is 322 Å². The summed E-state index contributed by atoms with van der Waals surface area (Å²) in [5, 5.41) is 32.9. The number of hydrogen-bond acceptors (Lipinski definition) is 9. The van der Waals surface area contributed by atoms with Gasteiger partial charge in [-0.25, -0.2) is 4.68 Å². The van der Waals surface area contributed by atoms with Crippen molar-refractivity contribution in [3.63, 3.8) is 0 Å². The molecule has 5 rings (SSSR count). The summed E-state index contributed by atoms with van der Waals surface area (Å²) in [6.07, 6.45) is 0. The van der Waals surface area contributed by atoms with Gasteiger partial charge in [-0.15, -0.1) is 10.2 Å². The summed E-state index contributed by atoms with van der Waals surface area (Å²) >= 11 is 13.5. The third kappa shape index (κ3) is 8.78. The lowest BCUT2D eigenvalue weighted by Crippen LogP contribution is -2.14. The smallest absolute Gasteiger partial charge is 0.294 e. The molecule has 0 aliphatic heterocycles. The molecule has 0 spiro atoms. The van der Waals surface area contributed by atoms with Crippen LogP contribution in [0.5, 0.6) is 0 Å². The number of halogens is 2. The van der Waals surface area contributed by atoms with Gasteiger partial charge in [0.15, 0.2) is 5.82 Å². The lowest BCUT2D eigenvalue weighted by Gasteiger charge is -2.15. The molecule has 0 atom stereocenters. The van der Waals surface area contributed by atoms with Gasteiger partial charge in [0.05, 0.1) is 26.3 Å². The van der Waals surface area contributed by atoms with Crippen LogP contribution in [0, 0.1) is 32.1 Å². The minimum atomic E-state index is -4.54. The van der Waals surface area contributed by atoms with Crippen LogP contribution in [0.15, 0.2) is 81.9 Å². The maximum Gasteiger partial charge on any atom is 0.294 e. The molecule has 2 amide bonds. The van der Waals surface area contributed by atoms with Crippen molar-refractivity contribution >= 4 is 79.4 Å². The highest BCUT2D eigenvalue weighted by molar-refractivity contribution is 7.85. The zero-order valence-electron chi connectivity index (χ0n) is 30.3. The number of nitrogens with one attached hydrogen (secondary N) is 3. The van der Waals surface area contributed by atoms with Crippen LogP contribution in [0.25, 0.3) is 5.69 Å². The van der Waals surface area contributed by atoms with Crippen molar-refractivity contribution in [2.75, 3.05) is 16.0 Å². The van der Waals surface area contributed by atoms with E-state index in [-0.39, 0.29) is 50.0 Å². The number of rotatable bonds is 9. The minimum Gasteiger partial charge on any atom is -0.355 e. The van der Waals surface area contributed by atoms with E-state index in [1.54, 1.807) is 18.2 Å². The first kappa shape index (κ1) is 39.6. The van der Waals surface area contributed by atoms with Gasteiger partial charge >= 0.3 is 0 Å². The highest BCUT2D eigenvalue weighted by atomic mass is 35.5. The standard InChI is InChI=1S/C38H36Cl2N8O5S/c1-20-13-21(2)33(22(3)14-20)43-25-11-12-31(32(18-25)42-23(4)49)45-46-36-28(19-41)35(38(5,6)7)47-48(36)34-29(39)16-26(17-30(34)40)44-37(50)24-9-8-10-27(15-24)54(51,52)53/h8-18,43H,1-7H3,(H,42,49)(H,44,50)(H,51,52,53)/b46-45+. The maximum atomic E-state index is 13.0. The Hall–Kier alpha value is -5.59. The van der Waals surface area contributed by atoms with Gasteiger partial charge in [-0.2, -0.15) is 18.8 Å². The summed E-state index contributed by atoms with van der Waals surface area (Å²) in [5.74, 6) is -1.02. The predicted molar refractivity (Wildman–Crippen MR) is 210 cm³/mol. The number of nitrogens with zero attached hydrogens (tertiary/aromatic N) is 5. The zero-order valence-corrected chi connectivity index (χ0v) is 32.7. The molecule has 0 radical (unpaired) electrons. The Balaban J connectivity index is 1.56. The number of hydrogen-bond donors (Lipinski definition) is 4. The molecule has 0 aliphatic rings. The van der Waals surface area contributed by atoms with E-state index < -0.39 is 26.3 Å². The van der Waals surface area contributed by atoms with Gasteiger partial charge in [0.25, 0.3) is 16.0 Å². The van der Waals surface area contributed by atoms with Gasteiger partial charge < -0.3 is 16.0 Å². The molecule has 4 aromatic carbocycles. The maximum absolute atomic E-state index is 13.0. The molecule has 4 N–H and O–H groups in total. The number of aryl methyl sites for hydroxylation is 3. The first-order valence-corrected chi connectivity index (χ1v) is 18.6. The van der Waals surface area contributed by atoms with Crippen LogP contribution in [0.1, 0.15) is 66.0 Å². The number of amides is 2. The molecule has 0 saturated carbocycles. The first-order chi connectivity index (χ1) is 25.3. The normalized spacial score (nSPS) is 11.7. The summed E-state index contributed by atoms with van der Waals surface area (Å²) in [6, 6.07) is 19.2. The average Bonchev–Trinajstić information content (AvgIpc) is 3.43. The summed E-state index contributed by atoms with van der Waals surface area (Å²) in [5.41, 5.74) is 5.64. The molecular weight excluding hydrogens is 751 g/mol. The fraction of sp³-hybridized carbons (Fsp3) is 0.211. The largest absolute Gasteiger partial charge is 0.355 e. The van der Waals surface area contributed by atoms with Gasteiger partial charge in [-0.3, -0.25) is 14.1 Å². The summed E-state index contributed by atoms with van der Waals surface area (Å²) in [4.78, 5) is 24.8. The topological polar surface area (TPSA) is 191 Å². The molecule has 0 bridgehead atoms. The fourth-order valence-corrected chi connectivity index (χ4v) is 6.91.